The fourth-order valence-electron chi connectivity index (χ4n) is 5.50. The number of carboxylic acid groups (broad SMARTS) is 1. The van der Waals surface area contributed by atoms with Gasteiger partial charge >= 0.3 is 5.97 Å². The van der Waals surface area contributed by atoms with Gasteiger partial charge in [0, 0.05) is 49.7 Å². The van der Waals surface area contributed by atoms with Gasteiger partial charge in [-0.25, -0.2) is 9.78 Å². The van der Waals surface area contributed by atoms with Gasteiger partial charge < -0.3 is 20.6 Å². The molecule has 3 N–H and O–H groups in total. The molecule has 1 saturated heterocycles. The lowest BCUT2D eigenvalue weighted by molar-refractivity contribution is -0.139. The highest BCUT2D eigenvalue weighted by Crippen LogP contribution is 2.24. The van der Waals surface area contributed by atoms with Gasteiger partial charge in [0.05, 0.1) is 5.69 Å². The van der Waals surface area contributed by atoms with Crippen molar-refractivity contribution < 1.29 is 14.7 Å². The number of hydrogen-bond acceptors (Lipinski definition) is 6. The molecule has 0 aliphatic carbocycles. The topological polar surface area (TPSA) is 112 Å². The van der Waals surface area contributed by atoms with Crippen molar-refractivity contribution >= 4 is 17.7 Å². The number of fused-ring (bicyclic) bond motifs is 1. The second kappa shape index (κ2) is 11.8. The summed E-state index contributed by atoms with van der Waals surface area (Å²) in [6.07, 6.45) is 7.48. The van der Waals surface area contributed by atoms with E-state index in [1.807, 2.05) is 19.2 Å². The Morgan fingerprint density at radius 1 is 1.24 bits per heavy atom. The fraction of sp³-hybridized carbons (Fsp3) is 0.448. The maximum absolute atomic E-state index is 12.9. The van der Waals surface area contributed by atoms with Gasteiger partial charge in [-0.3, -0.25) is 9.48 Å². The number of nitrogens with zero attached hydrogens (tertiary/aromatic N) is 4. The van der Waals surface area contributed by atoms with Crippen molar-refractivity contribution in [3.05, 3.63) is 65.5 Å². The summed E-state index contributed by atoms with van der Waals surface area (Å²) in [5, 5.41) is 20.1. The second-order valence-corrected chi connectivity index (χ2v) is 10.4. The van der Waals surface area contributed by atoms with Crippen LogP contribution in [-0.2, 0) is 24.7 Å². The molecule has 2 aromatic heterocycles. The predicted octanol–water partition coefficient (Wildman–Crippen LogP) is 3.37. The quantitative estimate of drug-likeness (QED) is 0.379. The minimum absolute atomic E-state index is 0.368. The largest absolute Gasteiger partial charge is 0.480 e. The van der Waals surface area contributed by atoms with Crippen LogP contribution < -0.4 is 10.6 Å². The lowest BCUT2D eigenvalue weighted by Crippen LogP contribution is -2.43. The number of pyridine rings is 1. The molecule has 2 aliphatic rings. The van der Waals surface area contributed by atoms with Crippen LogP contribution in [0, 0.1) is 5.92 Å². The molecule has 0 spiro atoms. The SMILES string of the molecule is Cn1nccc1-c1cccc(C(=O)N[C@H](CCN2CC[C@@H](CCc3ccc4c(n3)NCCC4)C2)C(=O)O)c1. The molecule has 0 unspecified atom stereocenters. The number of carbonyl (C=O) groups is 2. The minimum atomic E-state index is -1.01. The standard InChI is InChI=1S/C29H36N6O3/c1-34-26(11-15-31-34)22-4-2-5-23(18-22)28(36)33-25(29(37)38)13-17-35-16-12-20(19-35)7-9-24-10-8-21-6-3-14-30-27(21)32-24/h2,4-5,8,10-11,15,18,20,25H,3,6-7,9,12-14,16-17,19H2,1H3,(H,30,32)(H,33,36)(H,37,38)/t20-,25-/m1/s1. The van der Waals surface area contributed by atoms with Crippen molar-refractivity contribution in [2.45, 2.75) is 44.6 Å². The van der Waals surface area contributed by atoms with Crippen LogP contribution in [0.5, 0.6) is 0 Å². The average molecular weight is 517 g/mol. The number of anilines is 1. The summed E-state index contributed by atoms with van der Waals surface area (Å²) in [5.74, 6) is 0.234. The van der Waals surface area contributed by atoms with Crippen LogP contribution in [0.25, 0.3) is 11.3 Å². The van der Waals surface area contributed by atoms with Crippen LogP contribution in [0.4, 0.5) is 5.82 Å². The predicted molar refractivity (Wildman–Crippen MR) is 146 cm³/mol. The summed E-state index contributed by atoms with van der Waals surface area (Å²) < 4.78 is 1.74. The lowest BCUT2D eigenvalue weighted by Gasteiger charge is -2.20. The summed E-state index contributed by atoms with van der Waals surface area (Å²) in [4.78, 5) is 32.0. The van der Waals surface area contributed by atoms with Gasteiger partial charge in [-0.1, -0.05) is 18.2 Å². The molecule has 5 rings (SSSR count). The highest BCUT2D eigenvalue weighted by molar-refractivity contribution is 5.97. The van der Waals surface area contributed by atoms with Crippen molar-refractivity contribution in [2.24, 2.45) is 13.0 Å². The molecule has 38 heavy (non-hydrogen) atoms. The first-order chi connectivity index (χ1) is 18.5. The summed E-state index contributed by atoms with van der Waals surface area (Å²) in [7, 11) is 1.84. The number of nitrogens with one attached hydrogen (secondary N) is 2. The Balaban J connectivity index is 1.10. The second-order valence-electron chi connectivity index (χ2n) is 10.4. The van der Waals surface area contributed by atoms with E-state index in [0.29, 0.717) is 24.4 Å². The molecular formula is C29H36N6O3. The Morgan fingerprint density at radius 3 is 2.95 bits per heavy atom. The van der Waals surface area contributed by atoms with Crippen molar-refractivity contribution in [1.82, 2.24) is 25.0 Å². The van der Waals surface area contributed by atoms with E-state index in [1.54, 1.807) is 29.1 Å². The molecular weight excluding hydrogens is 480 g/mol. The Bertz CT molecular complexity index is 1290. The number of amides is 1. The first kappa shape index (κ1) is 25.9. The van der Waals surface area contributed by atoms with Crippen LogP contribution in [0.2, 0.25) is 0 Å². The number of likely N-dealkylation sites (tertiary alicyclic amines) is 1. The monoisotopic (exact) mass is 516 g/mol. The number of aromatic nitrogens is 3. The molecule has 2 aliphatic heterocycles. The maximum atomic E-state index is 12.9. The highest BCUT2D eigenvalue weighted by Gasteiger charge is 2.26. The van der Waals surface area contributed by atoms with Crippen molar-refractivity contribution in [3.8, 4) is 11.3 Å². The van der Waals surface area contributed by atoms with E-state index in [-0.39, 0.29) is 5.91 Å². The Hall–Kier alpha value is -3.72. The van der Waals surface area contributed by atoms with Gasteiger partial charge in [0.15, 0.2) is 0 Å². The minimum Gasteiger partial charge on any atom is -0.480 e. The molecule has 0 radical (unpaired) electrons. The van der Waals surface area contributed by atoms with E-state index in [9.17, 15) is 14.7 Å². The average Bonchev–Trinajstić information content (AvgIpc) is 3.58. The number of aryl methyl sites for hydroxylation is 3. The zero-order valence-electron chi connectivity index (χ0n) is 21.9. The van der Waals surface area contributed by atoms with Crippen molar-refractivity contribution in [1.29, 1.82) is 0 Å². The van der Waals surface area contributed by atoms with E-state index in [2.05, 4.69) is 32.8 Å². The molecule has 9 heteroatoms. The van der Waals surface area contributed by atoms with E-state index in [0.717, 1.165) is 74.5 Å². The Labute approximate surface area is 223 Å². The van der Waals surface area contributed by atoms with Crippen LogP contribution in [0.3, 0.4) is 0 Å². The first-order valence-electron chi connectivity index (χ1n) is 13.5. The number of aliphatic carboxylic acids is 1. The molecule has 9 nitrogen and oxygen atoms in total. The van der Waals surface area contributed by atoms with E-state index in [4.69, 9.17) is 4.98 Å². The third-order valence-electron chi connectivity index (χ3n) is 7.71. The number of carbonyl (C=O) groups excluding carboxylic acids is 1. The van der Waals surface area contributed by atoms with E-state index >= 15 is 0 Å². The molecule has 4 heterocycles. The zero-order chi connectivity index (χ0) is 26.5. The summed E-state index contributed by atoms with van der Waals surface area (Å²) in [6, 6.07) is 12.5. The van der Waals surface area contributed by atoms with Crippen LogP contribution >= 0.6 is 0 Å². The number of hydrogen-bond donors (Lipinski definition) is 3. The van der Waals surface area contributed by atoms with Crippen molar-refractivity contribution in [3.63, 3.8) is 0 Å². The van der Waals surface area contributed by atoms with Gasteiger partial charge in [-0.05, 0) is 80.8 Å². The molecule has 0 bridgehead atoms. The molecule has 3 aromatic rings. The fourth-order valence-corrected chi connectivity index (χ4v) is 5.50. The number of benzene rings is 1. The zero-order valence-corrected chi connectivity index (χ0v) is 21.9. The Kier molecular flexibility index (Phi) is 8.03. The molecule has 1 aromatic carbocycles. The summed E-state index contributed by atoms with van der Waals surface area (Å²) in [6.45, 7) is 3.55. The molecule has 1 amide bonds. The van der Waals surface area contributed by atoms with Gasteiger partial charge in [-0.2, -0.15) is 5.10 Å². The third kappa shape index (κ3) is 6.22. The summed E-state index contributed by atoms with van der Waals surface area (Å²) >= 11 is 0. The number of carboxylic acids is 1. The van der Waals surface area contributed by atoms with Gasteiger partial charge in [0.25, 0.3) is 5.91 Å². The maximum Gasteiger partial charge on any atom is 0.326 e. The van der Waals surface area contributed by atoms with Crippen LogP contribution in [0.1, 0.15) is 47.3 Å². The third-order valence-corrected chi connectivity index (χ3v) is 7.71. The Morgan fingerprint density at radius 2 is 2.13 bits per heavy atom. The van der Waals surface area contributed by atoms with Gasteiger partial charge in [0.2, 0.25) is 0 Å². The smallest absolute Gasteiger partial charge is 0.326 e. The van der Waals surface area contributed by atoms with Gasteiger partial charge in [-0.15, -0.1) is 0 Å². The van der Waals surface area contributed by atoms with E-state index < -0.39 is 12.0 Å². The van der Waals surface area contributed by atoms with Gasteiger partial charge in [0.1, 0.15) is 11.9 Å². The molecule has 1 fully saturated rings. The molecule has 2 atom stereocenters. The highest BCUT2D eigenvalue weighted by atomic mass is 16.4. The van der Waals surface area contributed by atoms with Crippen LogP contribution in [0.15, 0.2) is 48.7 Å². The normalized spacial score (nSPS) is 18.0. The van der Waals surface area contributed by atoms with Crippen molar-refractivity contribution in [2.75, 3.05) is 31.5 Å². The van der Waals surface area contributed by atoms with Crippen LogP contribution in [-0.4, -0.2) is 68.9 Å². The van der Waals surface area contributed by atoms with E-state index in [1.165, 1.54) is 5.56 Å². The summed E-state index contributed by atoms with van der Waals surface area (Å²) in [5.41, 5.74) is 4.62. The molecule has 200 valence electrons. The lowest BCUT2D eigenvalue weighted by atomic mass is 10.00. The first-order valence-corrected chi connectivity index (χ1v) is 13.5. The molecule has 0 saturated carbocycles. The number of rotatable bonds is 10.